The van der Waals surface area contributed by atoms with Crippen molar-refractivity contribution < 1.29 is 9.21 Å². The van der Waals surface area contributed by atoms with E-state index in [2.05, 4.69) is 23.2 Å². The lowest BCUT2D eigenvalue weighted by molar-refractivity contribution is -0.133. The van der Waals surface area contributed by atoms with Gasteiger partial charge < -0.3 is 9.32 Å². The molecular formula is C20H29N3O2S2. The van der Waals surface area contributed by atoms with Crippen LogP contribution in [0.5, 0.6) is 0 Å². The number of carbonyl (C=O) groups excluding carboxylic acids is 1. The fourth-order valence-electron chi connectivity index (χ4n) is 3.68. The Bertz CT molecular complexity index is 789. The van der Waals surface area contributed by atoms with Crippen molar-refractivity contribution in [1.29, 1.82) is 0 Å². The van der Waals surface area contributed by atoms with Gasteiger partial charge in [0, 0.05) is 17.0 Å². The average molecular weight is 408 g/mol. The normalized spacial score (nSPS) is 18.0. The first-order valence-corrected chi connectivity index (χ1v) is 11.4. The van der Waals surface area contributed by atoms with E-state index in [1.165, 1.54) is 28.6 Å². The summed E-state index contributed by atoms with van der Waals surface area (Å²) in [4.78, 5) is 17.2. The highest BCUT2D eigenvalue weighted by Gasteiger charge is 2.28. The molecule has 0 bridgehead atoms. The molecule has 148 valence electrons. The van der Waals surface area contributed by atoms with Crippen molar-refractivity contribution in [3.63, 3.8) is 0 Å². The zero-order valence-electron chi connectivity index (χ0n) is 17.0. The van der Waals surface area contributed by atoms with Crippen molar-refractivity contribution in [3.05, 3.63) is 16.5 Å². The monoisotopic (exact) mass is 407 g/mol. The number of nitrogens with zero attached hydrogens (tertiary/aromatic N) is 3. The van der Waals surface area contributed by atoms with Crippen molar-refractivity contribution in [2.24, 2.45) is 5.92 Å². The Hall–Kier alpha value is -1.34. The molecular weight excluding hydrogens is 378 g/mol. The van der Waals surface area contributed by atoms with Crippen LogP contribution in [-0.2, 0) is 17.6 Å². The summed E-state index contributed by atoms with van der Waals surface area (Å²) in [6.07, 6.45) is 3.52. The molecule has 2 atom stereocenters. The Balaban J connectivity index is 1.70. The van der Waals surface area contributed by atoms with Crippen LogP contribution in [0.2, 0.25) is 0 Å². The van der Waals surface area contributed by atoms with E-state index in [4.69, 9.17) is 4.42 Å². The van der Waals surface area contributed by atoms with Crippen LogP contribution in [-0.4, -0.2) is 38.3 Å². The zero-order chi connectivity index (χ0) is 19.7. The molecule has 3 rings (SSSR count). The van der Waals surface area contributed by atoms with Crippen LogP contribution in [0.25, 0.3) is 10.8 Å². The van der Waals surface area contributed by atoms with Crippen LogP contribution < -0.4 is 0 Å². The minimum absolute atomic E-state index is 0.102. The second-order valence-electron chi connectivity index (χ2n) is 7.97. The third-order valence-corrected chi connectivity index (χ3v) is 7.09. The molecule has 1 amide bonds. The van der Waals surface area contributed by atoms with Gasteiger partial charge in [-0.2, -0.15) is 0 Å². The van der Waals surface area contributed by atoms with Crippen molar-refractivity contribution in [3.8, 4) is 10.8 Å². The predicted molar refractivity (Wildman–Crippen MR) is 111 cm³/mol. The zero-order valence-corrected chi connectivity index (χ0v) is 18.6. The van der Waals surface area contributed by atoms with Gasteiger partial charge in [0.05, 0.1) is 10.1 Å². The summed E-state index contributed by atoms with van der Waals surface area (Å²) in [5.74, 6) is 1.41. The molecule has 0 unspecified atom stereocenters. The minimum Gasteiger partial charge on any atom is -0.410 e. The Labute approximate surface area is 169 Å². The first-order chi connectivity index (χ1) is 12.8. The van der Waals surface area contributed by atoms with E-state index < -0.39 is 0 Å². The van der Waals surface area contributed by atoms with Crippen molar-refractivity contribution >= 4 is 29.0 Å². The lowest BCUT2D eigenvalue weighted by Crippen LogP contribution is -2.45. The molecule has 0 saturated heterocycles. The van der Waals surface area contributed by atoms with Gasteiger partial charge >= 0.3 is 0 Å². The summed E-state index contributed by atoms with van der Waals surface area (Å²) in [6.45, 7) is 12.4. The number of thiophene rings is 1. The van der Waals surface area contributed by atoms with E-state index >= 15 is 0 Å². The Morgan fingerprint density at radius 1 is 1.26 bits per heavy atom. The maximum Gasteiger partial charge on any atom is 0.277 e. The summed E-state index contributed by atoms with van der Waals surface area (Å²) >= 11 is 3.10. The smallest absolute Gasteiger partial charge is 0.277 e. The maximum absolute atomic E-state index is 12.8. The van der Waals surface area contributed by atoms with Crippen molar-refractivity contribution in [2.45, 2.75) is 83.4 Å². The number of rotatable bonds is 6. The lowest BCUT2D eigenvalue weighted by Gasteiger charge is -2.32. The van der Waals surface area contributed by atoms with Crippen LogP contribution in [0.1, 0.15) is 58.4 Å². The summed E-state index contributed by atoms with van der Waals surface area (Å²) in [6, 6.07) is 2.53. The summed E-state index contributed by atoms with van der Waals surface area (Å²) in [7, 11) is 0. The number of aryl methyl sites for hydroxylation is 1. The molecule has 7 heteroatoms. The Morgan fingerprint density at radius 2 is 1.96 bits per heavy atom. The summed E-state index contributed by atoms with van der Waals surface area (Å²) in [5, 5.41) is 8.58. The molecule has 0 spiro atoms. The van der Waals surface area contributed by atoms with Crippen LogP contribution in [0.3, 0.4) is 0 Å². The highest BCUT2D eigenvalue weighted by molar-refractivity contribution is 8.00. The number of aromatic nitrogens is 2. The maximum atomic E-state index is 12.8. The second kappa shape index (κ2) is 8.35. The summed E-state index contributed by atoms with van der Waals surface area (Å²) < 4.78 is 5.88. The SMILES string of the molecule is CC(C)N(C(=O)[C@@H](C)Sc1nnc(-c2cc3c(s2)CC[C@H](C)C3)o1)C(C)C. The molecule has 0 N–H and O–H groups in total. The highest BCUT2D eigenvalue weighted by atomic mass is 32.2. The standard InChI is InChI=1S/C20H29N3O2S2/c1-11(2)23(12(3)4)19(24)14(6)26-20-22-21-18(25-20)17-10-15-9-13(5)7-8-16(15)27-17/h10-14H,7-9H2,1-6H3/t13-,14+/m0/s1. The molecule has 0 saturated carbocycles. The highest BCUT2D eigenvalue weighted by Crippen LogP contribution is 2.37. The van der Waals surface area contributed by atoms with E-state index in [0.717, 1.165) is 23.6 Å². The van der Waals surface area contributed by atoms with Gasteiger partial charge in [-0.05, 0) is 71.4 Å². The van der Waals surface area contributed by atoms with Gasteiger partial charge in [0.25, 0.3) is 11.1 Å². The van der Waals surface area contributed by atoms with Crippen LogP contribution >= 0.6 is 23.1 Å². The van der Waals surface area contributed by atoms with Crippen molar-refractivity contribution in [1.82, 2.24) is 15.1 Å². The first kappa shape index (κ1) is 20.4. The first-order valence-electron chi connectivity index (χ1n) is 9.70. The number of fused-ring (bicyclic) bond motifs is 1. The average Bonchev–Trinajstić information content (AvgIpc) is 3.20. The van der Waals surface area contributed by atoms with Gasteiger partial charge in [0.15, 0.2) is 0 Å². The number of hydrogen-bond acceptors (Lipinski definition) is 6. The fourth-order valence-corrected chi connectivity index (χ4v) is 5.55. The van der Waals surface area contributed by atoms with Crippen molar-refractivity contribution in [2.75, 3.05) is 0 Å². The van der Waals surface area contributed by atoms with E-state index in [0.29, 0.717) is 11.1 Å². The molecule has 0 fully saturated rings. The third-order valence-electron chi connectivity index (χ3n) is 4.94. The predicted octanol–water partition coefficient (Wildman–Crippen LogP) is 5.05. The quantitative estimate of drug-likeness (QED) is 0.627. The molecule has 1 aliphatic rings. The number of thioether (sulfide) groups is 1. The fraction of sp³-hybridized carbons (Fsp3) is 0.650. The molecule has 2 aromatic rings. The molecule has 27 heavy (non-hydrogen) atoms. The van der Waals surface area contributed by atoms with E-state index in [1.54, 1.807) is 11.3 Å². The number of amides is 1. The minimum atomic E-state index is -0.263. The Morgan fingerprint density at radius 3 is 2.63 bits per heavy atom. The van der Waals surface area contributed by atoms with Gasteiger partial charge in [0.1, 0.15) is 0 Å². The van der Waals surface area contributed by atoms with Gasteiger partial charge in [-0.3, -0.25) is 4.79 Å². The Kier molecular flexibility index (Phi) is 6.31. The topological polar surface area (TPSA) is 59.2 Å². The largest absolute Gasteiger partial charge is 0.410 e. The number of carbonyl (C=O) groups is 1. The van der Waals surface area contributed by atoms with Crippen LogP contribution in [0.4, 0.5) is 0 Å². The van der Waals surface area contributed by atoms with E-state index in [9.17, 15) is 4.79 Å². The molecule has 0 aromatic carbocycles. The molecule has 1 aliphatic carbocycles. The summed E-state index contributed by atoms with van der Waals surface area (Å²) in [5.41, 5.74) is 1.43. The van der Waals surface area contributed by atoms with Gasteiger partial charge in [-0.1, -0.05) is 18.7 Å². The van der Waals surface area contributed by atoms with Gasteiger partial charge in [0.2, 0.25) is 5.91 Å². The second-order valence-corrected chi connectivity index (χ2v) is 10.4. The van der Waals surface area contributed by atoms with E-state index in [-0.39, 0.29) is 23.2 Å². The molecule has 0 radical (unpaired) electrons. The van der Waals surface area contributed by atoms with Crippen LogP contribution in [0.15, 0.2) is 15.7 Å². The third kappa shape index (κ3) is 4.57. The van der Waals surface area contributed by atoms with Gasteiger partial charge in [-0.15, -0.1) is 21.5 Å². The molecule has 2 aromatic heterocycles. The van der Waals surface area contributed by atoms with Gasteiger partial charge in [-0.25, -0.2) is 0 Å². The molecule has 0 aliphatic heterocycles. The van der Waals surface area contributed by atoms with E-state index in [1.807, 2.05) is 39.5 Å². The van der Waals surface area contributed by atoms with Crippen LogP contribution in [0, 0.1) is 5.92 Å². The number of hydrogen-bond donors (Lipinski definition) is 0. The lowest BCUT2D eigenvalue weighted by atomic mass is 9.90. The molecule has 2 heterocycles. The molecule has 5 nitrogen and oxygen atoms in total.